The Hall–Kier alpha value is -1.59. The molecule has 0 saturated carbocycles. The third-order valence-corrected chi connectivity index (χ3v) is 3.48. The van der Waals surface area contributed by atoms with Crippen LogP contribution in [0.15, 0.2) is 12.1 Å². The Kier molecular flexibility index (Phi) is 4.30. The van der Waals surface area contributed by atoms with E-state index < -0.39 is 17.7 Å². The second-order valence-corrected chi connectivity index (χ2v) is 4.91. The predicted octanol–water partition coefficient (Wildman–Crippen LogP) is 2.48. The molecule has 1 heterocycles. The molecule has 106 valence electrons. The SMILES string of the molecule is CCOC(=O)CCN1C(=O)C(=O)c2c(Cl)ccc(Cl)c21. The van der Waals surface area contributed by atoms with E-state index in [0.29, 0.717) is 0 Å². The van der Waals surface area contributed by atoms with Crippen molar-refractivity contribution >= 4 is 46.5 Å². The third-order valence-electron chi connectivity index (χ3n) is 2.86. The number of rotatable bonds is 4. The van der Waals surface area contributed by atoms with Crippen LogP contribution < -0.4 is 4.90 Å². The fraction of sp³-hybridized carbons (Fsp3) is 0.308. The van der Waals surface area contributed by atoms with E-state index in [1.54, 1.807) is 6.92 Å². The number of esters is 1. The smallest absolute Gasteiger partial charge is 0.307 e. The molecule has 1 amide bonds. The molecule has 1 aromatic rings. The van der Waals surface area contributed by atoms with E-state index in [9.17, 15) is 14.4 Å². The van der Waals surface area contributed by atoms with Gasteiger partial charge in [-0.3, -0.25) is 14.4 Å². The maximum absolute atomic E-state index is 11.9. The number of Topliss-reactive ketones (excluding diaryl/α,β-unsaturated/α-hetero) is 1. The van der Waals surface area contributed by atoms with Crippen LogP contribution in [0.3, 0.4) is 0 Å². The molecule has 0 atom stereocenters. The van der Waals surface area contributed by atoms with Crippen LogP contribution in [0, 0.1) is 0 Å². The van der Waals surface area contributed by atoms with E-state index in [4.69, 9.17) is 27.9 Å². The van der Waals surface area contributed by atoms with Crippen LogP contribution in [-0.2, 0) is 14.3 Å². The molecule has 20 heavy (non-hydrogen) atoms. The van der Waals surface area contributed by atoms with Gasteiger partial charge in [0.1, 0.15) is 0 Å². The van der Waals surface area contributed by atoms with Crippen LogP contribution in [-0.4, -0.2) is 30.8 Å². The number of benzene rings is 1. The summed E-state index contributed by atoms with van der Waals surface area (Å²) in [5, 5.41) is 0.411. The van der Waals surface area contributed by atoms with Gasteiger partial charge in [0.15, 0.2) is 0 Å². The summed E-state index contributed by atoms with van der Waals surface area (Å²) in [4.78, 5) is 36.4. The van der Waals surface area contributed by atoms with Gasteiger partial charge >= 0.3 is 5.97 Å². The highest BCUT2D eigenvalue weighted by Gasteiger charge is 2.39. The predicted molar refractivity (Wildman–Crippen MR) is 74.4 cm³/mol. The van der Waals surface area contributed by atoms with Crippen molar-refractivity contribution in [1.29, 1.82) is 0 Å². The largest absolute Gasteiger partial charge is 0.466 e. The minimum absolute atomic E-state index is 0.0187. The maximum atomic E-state index is 11.9. The molecule has 1 aromatic carbocycles. The van der Waals surface area contributed by atoms with Gasteiger partial charge in [0, 0.05) is 6.54 Å². The zero-order valence-corrected chi connectivity index (χ0v) is 12.1. The minimum Gasteiger partial charge on any atom is -0.466 e. The van der Waals surface area contributed by atoms with E-state index in [2.05, 4.69) is 0 Å². The number of halogens is 2. The summed E-state index contributed by atoms with van der Waals surface area (Å²) in [6.07, 6.45) is -0.0187. The number of ether oxygens (including phenoxy) is 1. The molecule has 1 aliphatic rings. The van der Waals surface area contributed by atoms with E-state index in [-0.39, 0.29) is 40.9 Å². The highest BCUT2D eigenvalue weighted by atomic mass is 35.5. The third kappa shape index (κ3) is 2.51. The zero-order valence-electron chi connectivity index (χ0n) is 10.6. The van der Waals surface area contributed by atoms with E-state index in [1.165, 1.54) is 17.0 Å². The lowest BCUT2D eigenvalue weighted by Gasteiger charge is -2.17. The van der Waals surface area contributed by atoms with Crippen LogP contribution in [0.25, 0.3) is 0 Å². The van der Waals surface area contributed by atoms with Crippen molar-refractivity contribution in [2.75, 3.05) is 18.1 Å². The fourth-order valence-corrected chi connectivity index (χ4v) is 2.50. The van der Waals surface area contributed by atoms with Crippen molar-refractivity contribution < 1.29 is 19.1 Å². The number of fused-ring (bicyclic) bond motifs is 1. The summed E-state index contributed by atoms with van der Waals surface area (Å²) in [6, 6.07) is 2.97. The summed E-state index contributed by atoms with van der Waals surface area (Å²) in [6.45, 7) is 1.97. The Morgan fingerprint density at radius 1 is 1.25 bits per heavy atom. The second-order valence-electron chi connectivity index (χ2n) is 4.09. The molecular weight excluding hydrogens is 305 g/mol. The summed E-state index contributed by atoms with van der Waals surface area (Å²) in [5.41, 5.74) is 0.353. The maximum Gasteiger partial charge on any atom is 0.307 e. The highest BCUT2D eigenvalue weighted by molar-refractivity contribution is 6.57. The van der Waals surface area contributed by atoms with Crippen molar-refractivity contribution in [2.45, 2.75) is 13.3 Å². The molecule has 0 aromatic heterocycles. The van der Waals surface area contributed by atoms with Gasteiger partial charge in [-0.15, -0.1) is 0 Å². The molecule has 0 radical (unpaired) electrons. The topological polar surface area (TPSA) is 63.7 Å². The van der Waals surface area contributed by atoms with Gasteiger partial charge in [-0.1, -0.05) is 23.2 Å². The molecule has 7 heteroatoms. The Morgan fingerprint density at radius 3 is 2.55 bits per heavy atom. The highest BCUT2D eigenvalue weighted by Crippen LogP contribution is 2.39. The molecule has 2 rings (SSSR count). The first-order valence-electron chi connectivity index (χ1n) is 5.97. The number of carbonyl (C=O) groups is 3. The first-order chi connectivity index (χ1) is 9.47. The van der Waals surface area contributed by atoms with Crippen LogP contribution in [0.2, 0.25) is 10.0 Å². The molecule has 0 aliphatic carbocycles. The number of nitrogens with zero attached hydrogens (tertiary/aromatic N) is 1. The summed E-state index contributed by atoms with van der Waals surface area (Å²) in [7, 11) is 0. The molecular formula is C13H11Cl2NO4. The van der Waals surface area contributed by atoms with Gasteiger partial charge in [-0.2, -0.15) is 0 Å². The fourth-order valence-electron chi connectivity index (χ4n) is 2.00. The Bertz CT molecular complexity index is 600. The number of amides is 1. The number of anilines is 1. The van der Waals surface area contributed by atoms with Crippen LogP contribution in [0.1, 0.15) is 23.7 Å². The molecule has 0 spiro atoms. The Labute approximate surface area is 125 Å². The Balaban J connectivity index is 2.29. The van der Waals surface area contributed by atoms with Crippen LogP contribution >= 0.6 is 23.2 Å². The van der Waals surface area contributed by atoms with Crippen molar-refractivity contribution in [1.82, 2.24) is 0 Å². The van der Waals surface area contributed by atoms with Gasteiger partial charge in [-0.25, -0.2) is 0 Å². The summed E-state index contributed by atoms with van der Waals surface area (Å²) < 4.78 is 4.78. The van der Waals surface area contributed by atoms with Gasteiger partial charge in [0.25, 0.3) is 11.7 Å². The number of carbonyl (C=O) groups excluding carboxylic acids is 3. The lowest BCUT2D eigenvalue weighted by molar-refractivity contribution is -0.142. The monoisotopic (exact) mass is 315 g/mol. The quantitative estimate of drug-likeness (QED) is 0.632. The van der Waals surface area contributed by atoms with E-state index >= 15 is 0 Å². The second kappa shape index (κ2) is 5.81. The first-order valence-corrected chi connectivity index (χ1v) is 6.72. The molecule has 0 N–H and O–H groups in total. The molecule has 0 fully saturated rings. The molecule has 5 nitrogen and oxygen atoms in total. The van der Waals surface area contributed by atoms with Crippen molar-refractivity contribution in [3.8, 4) is 0 Å². The van der Waals surface area contributed by atoms with Crippen LogP contribution in [0.5, 0.6) is 0 Å². The van der Waals surface area contributed by atoms with Crippen molar-refractivity contribution in [2.24, 2.45) is 0 Å². The minimum atomic E-state index is -0.737. The number of ketones is 1. The standard InChI is InChI=1S/C13H11Cl2NO4/c1-2-20-9(17)5-6-16-11-8(15)4-3-7(14)10(11)12(18)13(16)19/h3-4H,2,5-6H2,1H3. The lowest BCUT2D eigenvalue weighted by atomic mass is 10.1. The normalized spacial score (nSPS) is 13.7. The van der Waals surface area contributed by atoms with Crippen LogP contribution in [0.4, 0.5) is 5.69 Å². The number of hydrogen-bond donors (Lipinski definition) is 0. The van der Waals surface area contributed by atoms with E-state index in [0.717, 1.165) is 0 Å². The first kappa shape index (κ1) is 14.8. The average molecular weight is 316 g/mol. The molecule has 0 saturated heterocycles. The molecule has 0 bridgehead atoms. The zero-order chi connectivity index (χ0) is 14.9. The average Bonchev–Trinajstić information content (AvgIpc) is 2.66. The van der Waals surface area contributed by atoms with Gasteiger partial charge in [0.05, 0.1) is 34.3 Å². The van der Waals surface area contributed by atoms with Gasteiger partial charge in [0.2, 0.25) is 0 Å². The van der Waals surface area contributed by atoms with Crippen molar-refractivity contribution in [3.63, 3.8) is 0 Å². The molecule has 0 unspecified atom stereocenters. The molecule has 1 aliphatic heterocycles. The summed E-state index contributed by atoms with van der Waals surface area (Å²) in [5.74, 6) is -1.89. The van der Waals surface area contributed by atoms with E-state index in [1.807, 2.05) is 0 Å². The van der Waals surface area contributed by atoms with Gasteiger partial charge in [-0.05, 0) is 19.1 Å². The lowest BCUT2D eigenvalue weighted by Crippen LogP contribution is -2.32. The Morgan fingerprint density at radius 2 is 1.90 bits per heavy atom. The van der Waals surface area contributed by atoms with Crippen molar-refractivity contribution in [3.05, 3.63) is 27.7 Å². The number of hydrogen-bond acceptors (Lipinski definition) is 4. The van der Waals surface area contributed by atoms with Gasteiger partial charge < -0.3 is 9.64 Å². The summed E-state index contributed by atoms with van der Waals surface area (Å²) >= 11 is 12.0.